The van der Waals surface area contributed by atoms with Crippen molar-refractivity contribution in [1.82, 2.24) is 0 Å². The Labute approximate surface area is 89.2 Å². The van der Waals surface area contributed by atoms with Gasteiger partial charge in [-0.1, -0.05) is 11.6 Å². The maximum atomic E-state index is 11.8. The number of aromatic carboxylic acids is 1. The van der Waals surface area contributed by atoms with E-state index in [9.17, 15) is 13.6 Å². The second-order valence-corrected chi connectivity index (χ2v) is 3.12. The first-order valence-electron chi connectivity index (χ1n) is 3.94. The molecule has 0 amide bonds. The molecule has 0 atom stereocenters. The molecule has 0 aliphatic carbocycles. The summed E-state index contributed by atoms with van der Waals surface area (Å²) >= 11 is 5.58. The van der Waals surface area contributed by atoms with E-state index >= 15 is 0 Å². The molecular formula is C9H7ClF2O3. The van der Waals surface area contributed by atoms with Crippen LogP contribution in [0.25, 0.3) is 0 Å². The SMILES string of the molecule is O=C(O)c1cc(Cl)cc(OCC(F)F)c1. The molecule has 0 saturated heterocycles. The van der Waals surface area contributed by atoms with E-state index in [1.165, 1.54) is 12.1 Å². The molecule has 0 saturated carbocycles. The van der Waals surface area contributed by atoms with Crippen molar-refractivity contribution in [2.75, 3.05) is 6.61 Å². The summed E-state index contributed by atoms with van der Waals surface area (Å²) in [6, 6.07) is 3.62. The topological polar surface area (TPSA) is 46.5 Å². The average molecular weight is 237 g/mol. The molecule has 0 heterocycles. The summed E-state index contributed by atoms with van der Waals surface area (Å²) in [5.74, 6) is -1.18. The lowest BCUT2D eigenvalue weighted by Gasteiger charge is -2.06. The van der Waals surface area contributed by atoms with Gasteiger partial charge in [-0.25, -0.2) is 13.6 Å². The molecule has 82 valence electrons. The zero-order chi connectivity index (χ0) is 11.4. The fourth-order valence-corrected chi connectivity index (χ4v) is 1.15. The Morgan fingerprint density at radius 1 is 1.47 bits per heavy atom. The van der Waals surface area contributed by atoms with E-state index in [0.29, 0.717) is 0 Å². The van der Waals surface area contributed by atoms with Crippen molar-refractivity contribution in [1.29, 1.82) is 0 Å². The Morgan fingerprint density at radius 3 is 2.67 bits per heavy atom. The third kappa shape index (κ3) is 3.71. The first kappa shape index (κ1) is 11.7. The second kappa shape index (κ2) is 4.93. The van der Waals surface area contributed by atoms with E-state index in [0.717, 1.165) is 6.07 Å². The molecule has 1 aromatic carbocycles. The lowest BCUT2D eigenvalue weighted by molar-refractivity contribution is 0.0695. The van der Waals surface area contributed by atoms with Crippen LogP contribution in [0.2, 0.25) is 5.02 Å². The molecule has 0 aliphatic rings. The van der Waals surface area contributed by atoms with Crippen LogP contribution in [0.1, 0.15) is 10.4 Å². The minimum atomic E-state index is -2.61. The first-order valence-corrected chi connectivity index (χ1v) is 4.31. The zero-order valence-corrected chi connectivity index (χ0v) is 8.17. The third-order valence-corrected chi connectivity index (χ3v) is 1.71. The Kier molecular flexibility index (Phi) is 3.85. The molecular weight excluding hydrogens is 230 g/mol. The van der Waals surface area contributed by atoms with E-state index < -0.39 is 19.0 Å². The maximum absolute atomic E-state index is 11.8. The number of halogens is 3. The zero-order valence-electron chi connectivity index (χ0n) is 7.41. The first-order chi connectivity index (χ1) is 6.99. The lowest BCUT2D eigenvalue weighted by atomic mass is 10.2. The summed E-state index contributed by atoms with van der Waals surface area (Å²) in [5, 5.41) is 8.77. The van der Waals surface area contributed by atoms with Crippen molar-refractivity contribution in [3.8, 4) is 5.75 Å². The molecule has 1 aromatic rings. The largest absolute Gasteiger partial charge is 0.488 e. The molecule has 0 aromatic heterocycles. The fourth-order valence-electron chi connectivity index (χ4n) is 0.929. The van der Waals surface area contributed by atoms with E-state index in [-0.39, 0.29) is 16.3 Å². The number of ether oxygens (including phenoxy) is 1. The molecule has 15 heavy (non-hydrogen) atoms. The van der Waals surface area contributed by atoms with Gasteiger partial charge in [-0.3, -0.25) is 0 Å². The Morgan fingerprint density at radius 2 is 2.13 bits per heavy atom. The fraction of sp³-hybridized carbons (Fsp3) is 0.222. The van der Waals surface area contributed by atoms with E-state index in [1.807, 2.05) is 0 Å². The highest BCUT2D eigenvalue weighted by atomic mass is 35.5. The minimum absolute atomic E-state index is 0.0141. The van der Waals surface area contributed by atoms with E-state index in [2.05, 4.69) is 4.74 Å². The predicted molar refractivity (Wildman–Crippen MR) is 49.9 cm³/mol. The van der Waals surface area contributed by atoms with Gasteiger partial charge in [0.25, 0.3) is 6.43 Å². The number of hydrogen-bond acceptors (Lipinski definition) is 2. The summed E-state index contributed by atoms with van der Waals surface area (Å²) in [4.78, 5) is 10.6. The number of carbonyl (C=O) groups is 1. The number of rotatable bonds is 4. The molecule has 0 aliphatic heterocycles. The molecule has 0 unspecified atom stereocenters. The van der Waals surface area contributed by atoms with Gasteiger partial charge in [0.15, 0.2) is 0 Å². The lowest BCUT2D eigenvalue weighted by Crippen LogP contribution is -2.07. The Bertz CT molecular complexity index is 368. The average Bonchev–Trinajstić information content (AvgIpc) is 2.13. The molecule has 1 N–H and O–H groups in total. The van der Waals surface area contributed by atoms with Crippen molar-refractivity contribution in [2.45, 2.75) is 6.43 Å². The van der Waals surface area contributed by atoms with Crippen LogP contribution in [-0.4, -0.2) is 24.1 Å². The minimum Gasteiger partial charge on any atom is -0.488 e. The second-order valence-electron chi connectivity index (χ2n) is 2.68. The summed E-state index contributed by atoms with van der Waals surface area (Å²) < 4.78 is 28.3. The van der Waals surface area contributed by atoms with E-state index in [4.69, 9.17) is 16.7 Å². The maximum Gasteiger partial charge on any atom is 0.335 e. The van der Waals surface area contributed by atoms with Crippen LogP contribution in [0.3, 0.4) is 0 Å². The van der Waals surface area contributed by atoms with Crippen LogP contribution in [0.4, 0.5) is 8.78 Å². The third-order valence-electron chi connectivity index (χ3n) is 1.49. The van der Waals surface area contributed by atoms with Crippen molar-refractivity contribution < 1.29 is 23.4 Å². The van der Waals surface area contributed by atoms with Crippen molar-refractivity contribution in [3.63, 3.8) is 0 Å². The van der Waals surface area contributed by atoms with Crippen LogP contribution in [0.5, 0.6) is 5.75 Å². The van der Waals surface area contributed by atoms with Crippen molar-refractivity contribution in [2.24, 2.45) is 0 Å². The van der Waals surface area contributed by atoms with Crippen molar-refractivity contribution >= 4 is 17.6 Å². The van der Waals surface area contributed by atoms with Gasteiger partial charge < -0.3 is 9.84 Å². The molecule has 0 spiro atoms. The van der Waals surface area contributed by atoms with Crippen LogP contribution in [0.15, 0.2) is 18.2 Å². The van der Waals surface area contributed by atoms with Crippen LogP contribution < -0.4 is 4.74 Å². The summed E-state index contributed by atoms with van der Waals surface area (Å²) in [5.41, 5.74) is -0.105. The van der Waals surface area contributed by atoms with Crippen LogP contribution in [0, 0.1) is 0 Å². The molecule has 0 radical (unpaired) electrons. The highest BCUT2D eigenvalue weighted by Crippen LogP contribution is 2.21. The standard InChI is InChI=1S/C9H7ClF2O3/c10-6-1-5(9(13)14)2-7(3-6)15-4-8(11)12/h1-3,8H,4H2,(H,13,14). The summed E-state index contributed by atoms with van der Waals surface area (Å²) in [6.07, 6.45) is -2.61. The number of carboxylic acid groups (broad SMARTS) is 1. The Hall–Kier alpha value is -1.36. The van der Waals surface area contributed by atoms with Gasteiger partial charge in [-0.05, 0) is 18.2 Å². The van der Waals surface area contributed by atoms with Gasteiger partial charge in [0.1, 0.15) is 12.4 Å². The smallest absolute Gasteiger partial charge is 0.335 e. The van der Waals surface area contributed by atoms with Gasteiger partial charge in [-0.2, -0.15) is 0 Å². The van der Waals surface area contributed by atoms with Gasteiger partial charge in [-0.15, -0.1) is 0 Å². The van der Waals surface area contributed by atoms with E-state index in [1.54, 1.807) is 0 Å². The van der Waals surface area contributed by atoms with Crippen LogP contribution >= 0.6 is 11.6 Å². The molecule has 0 bridgehead atoms. The molecule has 3 nitrogen and oxygen atoms in total. The summed E-state index contributed by atoms with van der Waals surface area (Å²) in [7, 11) is 0. The highest BCUT2D eigenvalue weighted by Gasteiger charge is 2.09. The van der Waals surface area contributed by atoms with Gasteiger partial charge >= 0.3 is 5.97 Å². The predicted octanol–water partition coefficient (Wildman–Crippen LogP) is 2.68. The quantitative estimate of drug-likeness (QED) is 0.874. The van der Waals surface area contributed by atoms with Gasteiger partial charge in [0.2, 0.25) is 0 Å². The Balaban J connectivity index is 2.84. The number of carboxylic acids is 1. The van der Waals surface area contributed by atoms with Gasteiger partial charge in [0, 0.05) is 5.02 Å². The monoisotopic (exact) mass is 236 g/mol. The number of benzene rings is 1. The normalized spacial score (nSPS) is 10.4. The molecule has 6 heteroatoms. The van der Waals surface area contributed by atoms with Crippen molar-refractivity contribution in [3.05, 3.63) is 28.8 Å². The highest BCUT2D eigenvalue weighted by molar-refractivity contribution is 6.31. The number of alkyl halides is 2. The molecule has 1 rings (SSSR count). The van der Waals surface area contributed by atoms with Gasteiger partial charge in [0.05, 0.1) is 5.56 Å². The molecule has 0 fully saturated rings. The van der Waals surface area contributed by atoms with Crippen LogP contribution in [-0.2, 0) is 0 Å². The summed E-state index contributed by atoms with van der Waals surface area (Å²) in [6.45, 7) is -0.792. The number of hydrogen-bond donors (Lipinski definition) is 1.